The summed E-state index contributed by atoms with van der Waals surface area (Å²) in [5.41, 5.74) is 0. The summed E-state index contributed by atoms with van der Waals surface area (Å²) in [4.78, 5) is 0. The first-order chi connectivity index (χ1) is 18.8. The molecule has 2 saturated carbocycles. The van der Waals surface area contributed by atoms with Crippen LogP contribution >= 0.6 is 0 Å². The summed E-state index contributed by atoms with van der Waals surface area (Å²) in [6, 6.07) is 1.73. The molecule has 2 heterocycles. The molecule has 38 heavy (non-hydrogen) atoms. The zero-order valence-corrected chi connectivity index (χ0v) is 25.3. The molecule has 2 aliphatic heterocycles. The molecule has 6 heteroatoms. The Hall–Kier alpha value is -0.240. The summed E-state index contributed by atoms with van der Waals surface area (Å²) in [6.07, 6.45) is 23.4. The molecule has 6 nitrogen and oxygen atoms in total. The van der Waals surface area contributed by atoms with E-state index >= 15 is 0 Å². The number of nitrogens with one attached hydrogen (secondary N) is 4. The van der Waals surface area contributed by atoms with Crippen LogP contribution in [0.15, 0.2) is 0 Å². The maximum Gasteiger partial charge on any atom is 0.129 e. The maximum atomic E-state index is 3.82. The van der Waals surface area contributed by atoms with Gasteiger partial charge < -0.3 is 30.2 Å². The maximum absolute atomic E-state index is 3.82. The normalized spacial score (nSPS) is 28.7. The fourth-order valence-electron chi connectivity index (χ4n) is 8.54. The van der Waals surface area contributed by atoms with E-state index in [-0.39, 0.29) is 0 Å². The number of rotatable bonds is 5. The van der Waals surface area contributed by atoms with Crippen molar-refractivity contribution in [3.05, 3.63) is 0 Å². The summed E-state index contributed by atoms with van der Waals surface area (Å²) in [6.45, 7) is 17.5. The second-order valence-electron chi connectivity index (χ2n) is 13.5. The van der Waals surface area contributed by atoms with E-state index in [2.05, 4.69) is 21.3 Å². The molecule has 0 aromatic carbocycles. The fraction of sp³-hybridized carbons (Fsp3) is 1.00. The van der Waals surface area contributed by atoms with Crippen molar-refractivity contribution in [3.63, 3.8) is 0 Å². The van der Waals surface area contributed by atoms with Crippen molar-refractivity contribution >= 4 is 0 Å². The predicted molar refractivity (Wildman–Crippen MR) is 163 cm³/mol. The molecule has 0 aromatic heterocycles. The average Bonchev–Trinajstić information content (AvgIpc) is 3.28. The van der Waals surface area contributed by atoms with Crippen LogP contribution in [0.4, 0.5) is 0 Å². The SMILES string of the molecule is C1CCCCC([N+]2(CC[N+]3(C4CCCCCCCC4)CCNCCNCC3)CCNCCNCC2)CCC1. The van der Waals surface area contributed by atoms with Crippen molar-refractivity contribution in [1.82, 2.24) is 21.3 Å². The molecule has 0 bridgehead atoms. The number of hydrogen-bond acceptors (Lipinski definition) is 4. The average molecular weight is 535 g/mol. The molecule has 0 atom stereocenters. The number of quaternary nitrogens is 2. The highest BCUT2D eigenvalue weighted by atomic mass is 15.5. The predicted octanol–water partition coefficient (Wildman–Crippen LogP) is 4.01. The Morgan fingerprint density at radius 1 is 0.342 bits per heavy atom. The Kier molecular flexibility index (Phi) is 14.2. The van der Waals surface area contributed by atoms with E-state index < -0.39 is 0 Å². The second-order valence-corrected chi connectivity index (χ2v) is 13.5. The van der Waals surface area contributed by atoms with Crippen LogP contribution in [0.3, 0.4) is 0 Å². The molecule has 2 saturated heterocycles. The molecular weight excluding hydrogens is 468 g/mol. The van der Waals surface area contributed by atoms with Gasteiger partial charge in [0.05, 0.1) is 38.3 Å². The Morgan fingerprint density at radius 2 is 0.605 bits per heavy atom. The van der Waals surface area contributed by atoms with Crippen LogP contribution in [-0.2, 0) is 0 Å². The van der Waals surface area contributed by atoms with Crippen molar-refractivity contribution in [1.29, 1.82) is 0 Å². The molecule has 4 rings (SSSR count). The summed E-state index contributed by atoms with van der Waals surface area (Å²) in [7, 11) is 0. The minimum atomic E-state index is 0.865. The molecule has 0 aromatic rings. The van der Waals surface area contributed by atoms with Crippen molar-refractivity contribution in [2.45, 2.75) is 115 Å². The number of nitrogens with zero attached hydrogens (tertiary/aromatic N) is 2. The van der Waals surface area contributed by atoms with Crippen molar-refractivity contribution in [2.24, 2.45) is 0 Å². The van der Waals surface area contributed by atoms with Gasteiger partial charge >= 0.3 is 0 Å². The van der Waals surface area contributed by atoms with Crippen LogP contribution < -0.4 is 21.3 Å². The molecule has 0 spiro atoms. The van der Waals surface area contributed by atoms with Gasteiger partial charge in [-0.3, -0.25) is 0 Å². The topological polar surface area (TPSA) is 48.1 Å². The van der Waals surface area contributed by atoms with E-state index in [1.54, 1.807) is 0 Å². The van der Waals surface area contributed by atoms with E-state index in [0.29, 0.717) is 0 Å². The monoisotopic (exact) mass is 535 g/mol. The van der Waals surface area contributed by atoms with E-state index in [4.69, 9.17) is 0 Å². The summed E-state index contributed by atoms with van der Waals surface area (Å²) in [5, 5.41) is 15.3. The zero-order valence-electron chi connectivity index (χ0n) is 25.3. The highest BCUT2D eigenvalue weighted by molar-refractivity contribution is 4.72. The standard InChI is InChI=1S/C32H66N6/c1-2-6-10-14-31(13-9-5-1)37(25-21-33-17-18-34-22-26-37)29-30-38(27-23-35-19-20-36-24-28-38)32-15-11-7-3-4-8-12-16-32/h31-36H,1-30H2/q+2. The third-order valence-electron chi connectivity index (χ3n) is 11.1. The highest BCUT2D eigenvalue weighted by Crippen LogP contribution is 2.31. The summed E-state index contributed by atoms with van der Waals surface area (Å²) < 4.78 is 2.77. The Bertz CT molecular complexity index is 521. The van der Waals surface area contributed by atoms with Crippen LogP contribution in [0.2, 0.25) is 0 Å². The van der Waals surface area contributed by atoms with Crippen molar-refractivity contribution in [2.75, 3.05) is 91.6 Å². The summed E-state index contributed by atoms with van der Waals surface area (Å²) >= 11 is 0. The van der Waals surface area contributed by atoms with Crippen LogP contribution in [0.5, 0.6) is 0 Å². The molecule has 0 unspecified atom stereocenters. The first kappa shape index (κ1) is 30.7. The molecule has 4 aliphatic rings. The molecule has 0 radical (unpaired) electrons. The van der Waals surface area contributed by atoms with Gasteiger partial charge in [0.1, 0.15) is 13.1 Å². The van der Waals surface area contributed by atoms with E-state index in [1.165, 1.54) is 177 Å². The van der Waals surface area contributed by atoms with E-state index in [1.807, 2.05) is 0 Å². The number of hydrogen-bond donors (Lipinski definition) is 4. The summed E-state index contributed by atoms with van der Waals surface area (Å²) in [5.74, 6) is 0. The lowest BCUT2D eigenvalue weighted by Crippen LogP contribution is -2.67. The Balaban J connectivity index is 1.58. The van der Waals surface area contributed by atoms with Gasteiger partial charge in [0.25, 0.3) is 0 Å². The Morgan fingerprint density at radius 3 is 0.895 bits per heavy atom. The van der Waals surface area contributed by atoms with Crippen LogP contribution in [-0.4, -0.2) is 113 Å². The quantitative estimate of drug-likeness (QED) is 0.403. The highest BCUT2D eigenvalue weighted by Gasteiger charge is 2.42. The van der Waals surface area contributed by atoms with Gasteiger partial charge in [-0.1, -0.05) is 51.4 Å². The molecule has 2 aliphatic carbocycles. The van der Waals surface area contributed by atoms with Crippen LogP contribution in [0.1, 0.15) is 103 Å². The van der Waals surface area contributed by atoms with Crippen LogP contribution in [0, 0.1) is 0 Å². The van der Waals surface area contributed by atoms with Crippen LogP contribution in [0.25, 0.3) is 0 Å². The van der Waals surface area contributed by atoms with Gasteiger partial charge in [-0.25, -0.2) is 0 Å². The second kappa shape index (κ2) is 17.5. The van der Waals surface area contributed by atoms with E-state index in [9.17, 15) is 0 Å². The Labute approximate surface area is 236 Å². The van der Waals surface area contributed by atoms with Gasteiger partial charge in [0.15, 0.2) is 0 Å². The van der Waals surface area contributed by atoms with Crippen molar-refractivity contribution in [3.8, 4) is 0 Å². The van der Waals surface area contributed by atoms with Gasteiger partial charge in [0, 0.05) is 52.4 Å². The van der Waals surface area contributed by atoms with Gasteiger partial charge in [0.2, 0.25) is 0 Å². The lowest BCUT2D eigenvalue weighted by molar-refractivity contribution is -1.00. The smallest absolute Gasteiger partial charge is 0.129 e. The lowest BCUT2D eigenvalue weighted by atomic mass is 9.97. The first-order valence-corrected chi connectivity index (χ1v) is 17.4. The van der Waals surface area contributed by atoms with E-state index in [0.717, 1.165) is 38.3 Å². The molecule has 222 valence electrons. The third-order valence-corrected chi connectivity index (χ3v) is 11.1. The van der Waals surface area contributed by atoms with Gasteiger partial charge in [-0.15, -0.1) is 0 Å². The molecule has 4 N–H and O–H groups in total. The molecule has 4 fully saturated rings. The zero-order chi connectivity index (χ0) is 26.2. The van der Waals surface area contributed by atoms with Gasteiger partial charge in [-0.05, 0) is 51.4 Å². The third kappa shape index (κ3) is 9.69. The molecule has 0 amide bonds. The van der Waals surface area contributed by atoms with Crippen molar-refractivity contribution < 1.29 is 8.97 Å². The first-order valence-electron chi connectivity index (χ1n) is 17.4. The largest absolute Gasteiger partial charge is 0.314 e. The van der Waals surface area contributed by atoms with Gasteiger partial charge in [-0.2, -0.15) is 0 Å². The minimum Gasteiger partial charge on any atom is -0.314 e. The minimum absolute atomic E-state index is 0.865. The lowest BCUT2D eigenvalue weighted by Gasteiger charge is -2.50. The fourth-order valence-corrected chi connectivity index (χ4v) is 8.54. The molecular formula is C32H66N6+2.